The molecule has 0 aliphatic carbocycles. The monoisotopic (exact) mass is 241 g/mol. The summed E-state index contributed by atoms with van der Waals surface area (Å²) in [4.78, 5) is 19.5. The van der Waals surface area contributed by atoms with Crippen molar-refractivity contribution in [3.8, 4) is 0 Å². The van der Waals surface area contributed by atoms with E-state index in [9.17, 15) is 4.79 Å². The Bertz CT molecular complexity index is 371. The molecular formula is C10H15N3O2S. The summed E-state index contributed by atoms with van der Waals surface area (Å²) in [6.07, 6.45) is 1.42. The molecule has 0 aliphatic rings. The number of ether oxygens (including phenoxy) is 1. The number of carbonyl (C=O) groups is 1. The molecule has 6 heteroatoms. The SMILES string of the molecule is CCOC(=O)c1cnc(CSCC)nc1N. The third-order valence-electron chi connectivity index (χ3n) is 1.80. The van der Waals surface area contributed by atoms with Crippen molar-refractivity contribution in [1.82, 2.24) is 9.97 Å². The van der Waals surface area contributed by atoms with Gasteiger partial charge in [-0.25, -0.2) is 14.8 Å². The minimum atomic E-state index is -0.477. The first-order chi connectivity index (χ1) is 7.69. The number of nitrogen functional groups attached to an aromatic ring is 1. The van der Waals surface area contributed by atoms with E-state index in [1.54, 1.807) is 18.7 Å². The van der Waals surface area contributed by atoms with Crippen molar-refractivity contribution in [2.75, 3.05) is 18.1 Å². The van der Waals surface area contributed by atoms with E-state index in [1.165, 1.54) is 6.20 Å². The van der Waals surface area contributed by atoms with Gasteiger partial charge < -0.3 is 10.5 Å². The summed E-state index contributed by atoms with van der Waals surface area (Å²) in [5.41, 5.74) is 5.89. The zero-order chi connectivity index (χ0) is 12.0. The number of hydrogen-bond donors (Lipinski definition) is 1. The van der Waals surface area contributed by atoms with E-state index < -0.39 is 5.97 Å². The third-order valence-corrected chi connectivity index (χ3v) is 2.67. The Morgan fingerprint density at radius 3 is 2.88 bits per heavy atom. The number of esters is 1. The lowest BCUT2D eigenvalue weighted by Gasteiger charge is -2.05. The Kier molecular flexibility index (Phi) is 5.04. The molecule has 0 bridgehead atoms. The zero-order valence-corrected chi connectivity index (χ0v) is 10.2. The fourth-order valence-electron chi connectivity index (χ4n) is 1.06. The molecule has 1 aromatic rings. The Hall–Kier alpha value is -1.30. The van der Waals surface area contributed by atoms with Gasteiger partial charge in [0.05, 0.1) is 12.4 Å². The second-order valence-electron chi connectivity index (χ2n) is 2.94. The fraction of sp³-hybridized carbons (Fsp3) is 0.500. The summed E-state index contributed by atoms with van der Waals surface area (Å²) in [5, 5.41) is 0. The molecule has 0 fully saturated rings. The Morgan fingerprint density at radius 1 is 1.56 bits per heavy atom. The molecule has 1 rings (SSSR count). The molecule has 0 radical (unpaired) electrons. The van der Waals surface area contributed by atoms with Crippen LogP contribution in [0.1, 0.15) is 30.0 Å². The number of carbonyl (C=O) groups excluding carboxylic acids is 1. The number of thioether (sulfide) groups is 1. The van der Waals surface area contributed by atoms with Crippen molar-refractivity contribution in [2.45, 2.75) is 19.6 Å². The Labute approximate surface area is 98.8 Å². The highest BCUT2D eigenvalue weighted by atomic mass is 32.2. The maximum atomic E-state index is 11.4. The molecule has 2 N–H and O–H groups in total. The van der Waals surface area contributed by atoms with Crippen molar-refractivity contribution in [3.63, 3.8) is 0 Å². The summed E-state index contributed by atoms with van der Waals surface area (Å²) in [7, 11) is 0. The first kappa shape index (κ1) is 12.8. The summed E-state index contributed by atoms with van der Waals surface area (Å²) >= 11 is 1.70. The van der Waals surface area contributed by atoms with Gasteiger partial charge in [0.2, 0.25) is 0 Å². The average molecular weight is 241 g/mol. The molecule has 0 spiro atoms. The number of anilines is 1. The van der Waals surface area contributed by atoms with E-state index in [0.29, 0.717) is 18.2 Å². The van der Waals surface area contributed by atoms with E-state index in [2.05, 4.69) is 16.9 Å². The summed E-state index contributed by atoms with van der Waals surface area (Å²) < 4.78 is 4.83. The van der Waals surface area contributed by atoms with Crippen LogP contribution in [-0.2, 0) is 10.5 Å². The van der Waals surface area contributed by atoms with Gasteiger partial charge in [0.15, 0.2) is 0 Å². The number of aromatic nitrogens is 2. The van der Waals surface area contributed by atoms with E-state index in [0.717, 1.165) is 5.75 Å². The van der Waals surface area contributed by atoms with Gasteiger partial charge in [0.25, 0.3) is 0 Å². The Balaban J connectivity index is 2.78. The van der Waals surface area contributed by atoms with Crippen LogP contribution in [0.4, 0.5) is 5.82 Å². The van der Waals surface area contributed by atoms with Gasteiger partial charge in [-0.3, -0.25) is 0 Å². The molecule has 5 nitrogen and oxygen atoms in total. The molecule has 88 valence electrons. The molecule has 1 aromatic heterocycles. The van der Waals surface area contributed by atoms with Crippen LogP contribution >= 0.6 is 11.8 Å². The van der Waals surface area contributed by atoms with Gasteiger partial charge >= 0.3 is 5.97 Å². The molecule has 1 heterocycles. The molecule has 0 aliphatic heterocycles. The summed E-state index contributed by atoms with van der Waals surface area (Å²) in [6.45, 7) is 4.11. The molecule has 0 amide bonds. The topological polar surface area (TPSA) is 78.1 Å². The first-order valence-corrected chi connectivity index (χ1v) is 6.20. The van der Waals surface area contributed by atoms with Gasteiger partial charge in [0, 0.05) is 6.20 Å². The number of nitrogens with zero attached hydrogens (tertiary/aromatic N) is 2. The maximum absolute atomic E-state index is 11.4. The van der Waals surface area contributed by atoms with Crippen LogP contribution in [0.15, 0.2) is 6.20 Å². The molecule has 0 saturated carbocycles. The average Bonchev–Trinajstić information content (AvgIpc) is 2.26. The second kappa shape index (κ2) is 6.32. The second-order valence-corrected chi connectivity index (χ2v) is 4.22. The van der Waals surface area contributed by atoms with Gasteiger partial charge in [-0.05, 0) is 12.7 Å². The minimum Gasteiger partial charge on any atom is -0.462 e. The fourth-order valence-corrected chi connectivity index (χ4v) is 1.59. The Morgan fingerprint density at radius 2 is 2.31 bits per heavy atom. The lowest BCUT2D eigenvalue weighted by atomic mass is 10.3. The van der Waals surface area contributed by atoms with Crippen molar-refractivity contribution in [3.05, 3.63) is 17.6 Å². The van der Waals surface area contributed by atoms with Crippen LogP contribution in [0.2, 0.25) is 0 Å². The van der Waals surface area contributed by atoms with Crippen LogP contribution in [0.3, 0.4) is 0 Å². The standard InChI is InChI=1S/C10H15N3O2S/c1-3-15-10(14)7-5-12-8(6-16-4-2)13-9(7)11/h5H,3-4,6H2,1-2H3,(H2,11,12,13). The molecule has 0 saturated heterocycles. The molecule has 0 unspecified atom stereocenters. The highest BCUT2D eigenvalue weighted by molar-refractivity contribution is 7.98. The molecular weight excluding hydrogens is 226 g/mol. The van der Waals surface area contributed by atoms with Gasteiger partial charge in [-0.15, -0.1) is 0 Å². The van der Waals surface area contributed by atoms with Gasteiger partial charge in [0.1, 0.15) is 17.2 Å². The predicted molar refractivity (Wildman–Crippen MR) is 64.2 cm³/mol. The summed E-state index contributed by atoms with van der Waals surface area (Å²) in [5.74, 6) is 2.03. The largest absolute Gasteiger partial charge is 0.462 e. The van der Waals surface area contributed by atoms with Crippen LogP contribution in [-0.4, -0.2) is 28.3 Å². The van der Waals surface area contributed by atoms with Crippen LogP contribution in [0.5, 0.6) is 0 Å². The number of nitrogens with two attached hydrogens (primary N) is 1. The predicted octanol–water partition coefficient (Wildman–Crippen LogP) is 1.49. The van der Waals surface area contributed by atoms with E-state index in [4.69, 9.17) is 10.5 Å². The van der Waals surface area contributed by atoms with Gasteiger partial charge in [-0.1, -0.05) is 6.92 Å². The van der Waals surface area contributed by atoms with E-state index in [-0.39, 0.29) is 11.4 Å². The van der Waals surface area contributed by atoms with E-state index in [1.807, 2.05) is 0 Å². The van der Waals surface area contributed by atoms with Gasteiger partial charge in [-0.2, -0.15) is 11.8 Å². The highest BCUT2D eigenvalue weighted by Crippen LogP contribution is 2.13. The number of rotatable bonds is 5. The van der Waals surface area contributed by atoms with Crippen LogP contribution < -0.4 is 5.73 Å². The van der Waals surface area contributed by atoms with E-state index >= 15 is 0 Å². The zero-order valence-electron chi connectivity index (χ0n) is 9.40. The lowest BCUT2D eigenvalue weighted by molar-refractivity contribution is 0.0526. The molecule has 0 aromatic carbocycles. The van der Waals surface area contributed by atoms with Crippen molar-refractivity contribution in [2.24, 2.45) is 0 Å². The third kappa shape index (κ3) is 3.37. The van der Waals surface area contributed by atoms with Crippen molar-refractivity contribution in [1.29, 1.82) is 0 Å². The molecule has 16 heavy (non-hydrogen) atoms. The normalized spacial score (nSPS) is 10.1. The summed E-state index contributed by atoms with van der Waals surface area (Å²) in [6, 6.07) is 0. The van der Waals surface area contributed by atoms with Crippen molar-refractivity contribution < 1.29 is 9.53 Å². The van der Waals surface area contributed by atoms with Crippen LogP contribution in [0, 0.1) is 0 Å². The first-order valence-electron chi connectivity index (χ1n) is 5.05. The molecule has 0 atom stereocenters. The minimum absolute atomic E-state index is 0.181. The smallest absolute Gasteiger partial charge is 0.343 e. The van der Waals surface area contributed by atoms with Crippen molar-refractivity contribution >= 4 is 23.5 Å². The maximum Gasteiger partial charge on any atom is 0.343 e. The lowest BCUT2D eigenvalue weighted by Crippen LogP contribution is -2.11. The highest BCUT2D eigenvalue weighted by Gasteiger charge is 2.13. The number of hydrogen-bond acceptors (Lipinski definition) is 6. The quantitative estimate of drug-likeness (QED) is 0.787. The van der Waals surface area contributed by atoms with Crippen LogP contribution in [0.25, 0.3) is 0 Å².